The van der Waals surface area contributed by atoms with Gasteiger partial charge in [-0.25, -0.2) is 12.8 Å². The van der Waals surface area contributed by atoms with E-state index < -0.39 is 21.7 Å². The number of furan rings is 1. The number of hydrogen-bond acceptors (Lipinski definition) is 4. The number of fused-ring (bicyclic) bond motifs is 1. The van der Waals surface area contributed by atoms with Gasteiger partial charge in [0.15, 0.2) is 17.2 Å². The molecular formula is C20H21FN2O4S. The fourth-order valence-electron chi connectivity index (χ4n) is 3.04. The zero-order valence-corrected chi connectivity index (χ0v) is 16.6. The van der Waals surface area contributed by atoms with Gasteiger partial charge in [-0.3, -0.25) is 4.79 Å². The molecule has 0 bridgehead atoms. The van der Waals surface area contributed by atoms with Gasteiger partial charge in [-0.2, -0.15) is 4.31 Å². The van der Waals surface area contributed by atoms with Crippen LogP contribution >= 0.6 is 0 Å². The molecule has 0 saturated heterocycles. The van der Waals surface area contributed by atoms with Crippen molar-refractivity contribution in [3.63, 3.8) is 0 Å². The van der Waals surface area contributed by atoms with Crippen molar-refractivity contribution in [3.05, 3.63) is 59.6 Å². The molecule has 28 heavy (non-hydrogen) atoms. The van der Waals surface area contributed by atoms with E-state index in [1.165, 1.54) is 34.6 Å². The van der Waals surface area contributed by atoms with Gasteiger partial charge in [0.05, 0.1) is 4.90 Å². The van der Waals surface area contributed by atoms with Crippen molar-refractivity contribution in [1.82, 2.24) is 4.31 Å². The molecule has 148 valence electrons. The fourth-order valence-corrected chi connectivity index (χ4v) is 4.49. The topological polar surface area (TPSA) is 79.6 Å². The third-order valence-electron chi connectivity index (χ3n) is 4.58. The lowest BCUT2D eigenvalue weighted by molar-refractivity contribution is 0.0997. The Morgan fingerprint density at radius 3 is 2.32 bits per heavy atom. The molecule has 0 radical (unpaired) electrons. The van der Waals surface area contributed by atoms with E-state index in [0.717, 1.165) is 0 Å². The summed E-state index contributed by atoms with van der Waals surface area (Å²) in [6.45, 7) is 5.97. The predicted octanol–water partition coefficient (Wildman–Crippen LogP) is 4.16. The van der Waals surface area contributed by atoms with Gasteiger partial charge in [0.2, 0.25) is 10.0 Å². The van der Waals surface area contributed by atoms with Crippen molar-refractivity contribution in [3.8, 4) is 0 Å². The molecule has 1 aromatic heterocycles. The molecule has 0 aliphatic carbocycles. The Hall–Kier alpha value is -2.71. The summed E-state index contributed by atoms with van der Waals surface area (Å²) in [6, 6.07) is 10.4. The maximum absolute atomic E-state index is 13.9. The van der Waals surface area contributed by atoms with Crippen LogP contribution in [0.3, 0.4) is 0 Å². The highest BCUT2D eigenvalue weighted by Gasteiger charge is 2.22. The first-order valence-corrected chi connectivity index (χ1v) is 10.3. The van der Waals surface area contributed by atoms with Crippen LogP contribution in [0.5, 0.6) is 0 Å². The first-order chi connectivity index (χ1) is 13.3. The lowest BCUT2D eigenvalue weighted by atomic mass is 10.1. The van der Waals surface area contributed by atoms with Gasteiger partial charge in [0.1, 0.15) is 0 Å². The van der Waals surface area contributed by atoms with Crippen LogP contribution in [0.15, 0.2) is 51.8 Å². The zero-order chi connectivity index (χ0) is 20.5. The number of halogens is 1. The largest absolute Gasteiger partial charge is 0.448 e. The minimum Gasteiger partial charge on any atom is -0.448 e. The Kier molecular flexibility index (Phi) is 5.53. The molecule has 0 aliphatic heterocycles. The van der Waals surface area contributed by atoms with Gasteiger partial charge < -0.3 is 9.73 Å². The van der Waals surface area contributed by atoms with Crippen molar-refractivity contribution in [2.45, 2.75) is 25.7 Å². The molecular weight excluding hydrogens is 383 g/mol. The Morgan fingerprint density at radius 2 is 1.75 bits per heavy atom. The van der Waals surface area contributed by atoms with E-state index in [1.807, 2.05) is 0 Å². The summed E-state index contributed by atoms with van der Waals surface area (Å²) in [6.07, 6.45) is 0. The number of benzene rings is 2. The second-order valence-corrected chi connectivity index (χ2v) is 8.18. The van der Waals surface area contributed by atoms with E-state index in [9.17, 15) is 17.6 Å². The lowest BCUT2D eigenvalue weighted by Crippen LogP contribution is -2.30. The Morgan fingerprint density at radius 1 is 1.11 bits per heavy atom. The van der Waals surface area contributed by atoms with Gasteiger partial charge in [-0.05, 0) is 37.3 Å². The normalized spacial score (nSPS) is 11.9. The van der Waals surface area contributed by atoms with Crippen molar-refractivity contribution in [1.29, 1.82) is 0 Å². The average molecular weight is 404 g/mol. The van der Waals surface area contributed by atoms with Crippen molar-refractivity contribution < 1.29 is 22.0 Å². The minimum atomic E-state index is -3.57. The molecule has 0 atom stereocenters. The van der Waals surface area contributed by atoms with E-state index in [-0.39, 0.29) is 16.2 Å². The zero-order valence-electron chi connectivity index (χ0n) is 15.8. The number of carbonyl (C=O) groups is 1. The van der Waals surface area contributed by atoms with Gasteiger partial charge in [0, 0.05) is 29.7 Å². The van der Waals surface area contributed by atoms with Gasteiger partial charge in [-0.15, -0.1) is 0 Å². The molecule has 6 nitrogen and oxygen atoms in total. The van der Waals surface area contributed by atoms with E-state index in [4.69, 9.17) is 4.42 Å². The third-order valence-corrected chi connectivity index (χ3v) is 6.64. The maximum atomic E-state index is 13.9. The number of amides is 1. The van der Waals surface area contributed by atoms with Crippen molar-refractivity contribution in [2.75, 3.05) is 18.4 Å². The summed E-state index contributed by atoms with van der Waals surface area (Å²) in [7, 11) is -3.57. The molecule has 1 heterocycles. The van der Waals surface area contributed by atoms with E-state index in [2.05, 4.69) is 5.32 Å². The van der Waals surface area contributed by atoms with Gasteiger partial charge in [-0.1, -0.05) is 26.0 Å². The molecule has 1 amide bonds. The lowest BCUT2D eigenvalue weighted by Gasteiger charge is -2.18. The monoisotopic (exact) mass is 404 g/mol. The molecule has 3 rings (SSSR count). The first kappa shape index (κ1) is 20.0. The van der Waals surface area contributed by atoms with Crippen molar-refractivity contribution in [2.24, 2.45) is 0 Å². The van der Waals surface area contributed by atoms with Crippen LogP contribution in [0.25, 0.3) is 11.0 Å². The van der Waals surface area contributed by atoms with E-state index in [1.54, 1.807) is 32.9 Å². The summed E-state index contributed by atoms with van der Waals surface area (Å²) >= 11 is 0. The molecule has 0 aliphatic rings. The summed E-state index contributed by atoms with van der Waals surface area (Å²) in [5.41, 5.74) is 0.974. The molecule has 8 heteroatoms. The van der Waals surface area contributed by atoms with Crippen LogP contribution in [0.2, 0.25) is 0 Å². The highest BCUT2D eigenvalue weighted by Crippen LogP contribution is 2.28. The maximum Gasteiger partial charge on any atom is 0.291 e. The number of sulfonamides is 1. The Labute approximate surface area is 163 Å². The number of para-hydroxylation sites is 1. The number of carbonyl (C=O) groups excluding carboxylic acids is 1. The molecule has 0 saturated carbocycles. The van der Waals surface area contributed by atoms with E-state index >= 15 is 0 Å². The van der Waals surface area contributed by atoms with Crippen LogP contribution in [-0.2, 0) is 10.0 Å². The SMILES string of the molecule is CCN(CC)S(=O)(=O)c1ccc(NC(=O)c2oc3c(F)cccc3c2C)cc1. The van der Waals surface area contributed by atoms with E-state index in [0.29, 0.717) is 29.7 Å². The van der Waals surface area contributed by atoms with Gasteiger partial charge in [0.25, 0.3) is 5.91 Å². The predicted molar refractivity (Wildman–Crippen MR) is 105 cm³/mol. The van der Waals surface area contributed by atoms with Gasteiger partial charge >= 0.3 is 0 Å². The van der Waals surface area contributed by atoms with Crippen molar-refractivity contribution >= 4 is 32.6 Å². The highest BCUT2D eigenvalue weighted by molar-refractivity contribution is 7.89. The number of aryl methyl sites for hydroxylation is 1. The second kappa shape index (κ2) is 7.73. The van der Waals surface area contributed by atoms with Crippen LogP contribution in [0, 0.1) is 12.7 Å². The van der Waals surface area contributed by atoms with Crippen LogP contribution in [-0.4, -0.2) is 31.7 Å². The second-order valence-electron chi connectivity index (χ2n) is 6.24. The summed E-state index contributed by atoms with van der Waals surface area (Å²) in [5.74, 6) is -1.06. The molecule has 2 aromatic carbocycles. The molecule has 1 N–H and O–H groups in total. The summed E-state index contributed by atoms with van der Waals surface area (Å²) in [5, 5.41) is 3.18. The van der Waals surface area contributed by atoms with Crippen LogP contribution < -0.4 is 5.32 Å². The standard InChI is InChI=1S/C20H21FN2O4S/c1-4-23(5-2)28(25,26)15-11-9-14(10-12-15)22-20(24)18-13(3)16-7-6-8-17(21)19(16)27-18/h6-12H,4-5H2,1-3H3,(H,22,24). The van der Waals surface area contributed by atoms with Crippen LogP contribution in [0.4, 0.5) is 10.1 Å². The molecule has 0 fully saturated rings. The smallest absolute Gasteiger partial charge is 0.291 e. The number of rotatable bonds is 6. The average Bonchev–Trinajstić information content (AvgIpc) is 3.01. The number of anilines is 1. The minimum absolute atomic E-state index is 0.0138. The fraction of sp³-hybridized carbons (Fsp3) is 0.250. The Balaban J connectivity index is 1.84. The highest BCUT2D eigenvalue weighted by atomic mass is 32.2. The summed E-state index contributed by atoms with van der Waals surface area (Å²) < 4.78 is 45.7. The third kappa shape index (κ3) is 3.53. The number of hydrogen-bond donors (Lipinski definition) is 1. The number of nitrogens with one attached hydrogen (secondary N) is 1. The first-order valence-electron chi connectivity index (χ1n) is 8.88. The van der Waals surface area contributed by atoms with Crippen LogP contribution in [0.1, 0.15) is 30.0 Å². The molecule has 3 aromatic rings. The quantitative estimate of drug-likeness (QED) is 0.669. The number of nitrogens with zero attached hydrogens (tertiary/aromatic N) is 1. The molecule has 0 unspecified atom stereocenters. The Bertz CT molecular complexity index is 1120. The summed E-state index contributed by atoms with van der Waals surface area (Å²) in [4.78, 5) is 12.7. The molecule has 0 spiro atoms.